The average molecular weight is 385 g/mol. The predicted octanol–water partition coefficient (Wildman–Crippen LogP) is 3.09. The SMILES string of the molecule is [2H]C([2H])([2H])N([C@H]1CC[C@H](C(=O)Nc2cc3cc(-c4cnn(C)c4)ccc3nn2)CC1)C([2H])([2H])[2H]. The molecule has 0 unspecified atom stereocenters. The molecule has 1 aromatic carbocycles. The molecule has 0 radical (unpaired) electrons. The zero-order valence-electron chi connectivity index (χ0n) is 21.6. The van der Waals surface area contributed by atoms with Crippen molar-refractivity contribution in [1.82, 2.24) is 24.9 Å². The number of anilines is 1. The van der Waals surface area contributed by atoms with Crippen molar-refractivity contribution in [3.05, 3.63) is 36.7 Å². The number of nitrogens with zero attached hydrogens (tertiary/aromatic N) is 5. The average Bonchev–Trinajstić information content (AvgIpc) is 3.18. The van der Waals surface area contributed by atoms with E-state index in [-0.39, 0.29) is 11.8 Å². The highest BCUT2D eigenvalue weighted by Gasteiger charge is 2.27. The molecule has 0 atom stereocenters. The van der Waals surface area contributed by atoms with E-state index < -0.39 is 20.0 Å². The van der Waals surface area contributed by atoms with Crippen LogP contribution < -0.4 is 5.32 Å². The first-order chi connectivity index (χ1) is 15.9. The molecule has 7 heteroatoms. The summed E-state index contributed by atoms with van der Waals surface area (Å²) in [5.41, 5.74) is 2.63. The Morgan fingerprint density at radius 2 is 2.00 bits per heavy atom. The van der Waals surface area contributed by atoms with Gasteiger partial charge in [-0.05, 0) is 63.4 Å². The van der Waals surface area contributed by atoms with Crippen molar-refractivity contribution in [3.8, 4) is 11.1 Å². The van der Waals surface area contributed by atoms with Gasteiger partial charge in [0.15, 0.2) is 5.82 Å². The third-order valence-electron chi connectivity index (χ3n) is 5.31. The van der Waals surface area contributed by atoms with Crippen LogP contribution in [0, 0.1) is 5.92 Å². The number of fused-ring (bicyclic) bond motifs is 1. The highest BCUT2D eigenvalue weighted by molar-refractivity contribution is 5.94. The van der Waals surface area contributed by atoms with Gasteiger partial charge in [0, 0.05) is 44.4 Å². The van der Waals surface area contributed by atoms with E-state index in [0.717, 1.165) is 16.5 Å². The number of aryl methyl sites for hydroxylation is 1. The Morgan fingerprint density at radius 3 is 2.71 bits per heavy atom. The van der Waals surface area contributed by atoms with E-state index in [2.05, 4.69) is 20.6 Å². The Balaban J connectivity index is 1.43. The number of rotatable bonds is 4. The molecule has 2 aromatic heterocycles. The van der Waals surface area contributed by atoms with Crippen LogP contribution in [-0.4, -0.2) is 50.8 Å². The van der Waals surface area contributed by atoms with Gasteiger partial charge in [0.25, 0.3) is 0 Å². The fraction of sp³-hybridized carbons (Fsp3) is 0.429. The molecule has 2 heterocycles. The quantitative estimate of drug-likeness (QED) is 0.748. The summed E-state index contributed by atoms with van der Waals surface area (Å²) < 4.78 is 47.3. The van der Waals surface area contributed by atoms with Gasteiger partial charge in [0.1, 0.15) is 0 Å². The molecule has 1 fully saturated rings. The molecular weight excluding hydrogens is 352 g/mol. The van der Waals surface area contributed by atoms with Crippen molar-refractivity contribution in [2.24, 2.45) is 13.0 Å². The predicted molar refractivity (Wildman–Crippen MR) is 110 cm³/mol. The fourth-order valence-electron chi connectivity index (χ4n) is 3.68. The molecule has 1 aliphatic carbocycles. The standard InChI is InChI=1S/C21H26N6O/c1-26(2)18-7-4-14(5-8-18)21(28)23-20-11-16-10-15(6-9-19(16)24-25-20)17-12-22-27(3)13-17/h6,9-14,18H,4-5,7-8H2,1-3H3,(H,23,25,28)/t14-,18-/i1D3,2D3. The molecular formula is C21H26N6O. The monoisotopic (exact) mass is 384 g/mol. The zero-order valence-corrected chi connectivity index (χ0v) is 15.6. The van der Waals surface area contributed by atoms with Crippen LogP contribution in [0.2, 0.25) is 0 Å². The molecule has 0 saturated heterocycles. The van der Waals surface area contributed by atoms with E-state index in [1.54, 1.807) is 16.9 Å². The topological polar surface area (TPSA) is 75.9 Å². The smallest absolute Gasteiger partial charge is 0.228 e. The first-order valence-electron chi connectivity index (χ1n) is 12.3. The second-order valence-corrected chi connectivity index (χ2v) is 7.27. The number of amides is 1. The lowest BCUT2D eigenvalue weighted by molar-refractivity contribution is -0.121. The summed E-state index contributed by atoms with van der Waals surface area (Å²) in [4.78, 5) is 13.5. The molecule has 1 amide bonds. The van der Waals surface area contributed by atoms with Crippen LogP contribution in [0.5, 0.6) is 0 Å². The second-order valence-electron chi connectivity index (χ2n) is 7.27. The summed E-state index contributed by atoms with van der Waals surface area (Å²) in [6.07, 6.45) is 5.10. The molecule has 1 saturated carbocycles. The van der Waals surface area contributed by atoms with Crippen LogP contribution in [0.4, 0.5) is 5.82 Å². The van der Waals surface area contributed by atoms with Gasteiger partial charge >= 0.3 is 0 Å². The summed E-state index contributed by atoms with van der Waals surface area (Å²) in [6.45, 7) is -5.44. The molecule has 0 spiro atoms. The highest BCUT2D eigenvalue weighted by Crippen LogP contribution is 2.28. The number of carbonyl (C=O) groups is 1. The Hall–Kier alpha value is -2.80. The van der Waals surface area contributed by atoms with E-state index in [9.17, 15) is 4.79 Å². The normalized spacial score (nSPS) is 23.9. The van der Waals surface area contributed by atoms with Gasteiger partial charge in [-0.15, -0.1) is 10.2 Å². The minimum atomic E-state index is -2.72. The third-order valence-corrected chi connectivity index (χ3v) is 5.31. The van der Waals surface area contributed by atoms with E-state index >= 15 is 0 Å². The van der Waals surface area contributed by atoms with Gasteiger partial charge in [-0.2, -0.15) is 5.10 Å². The number of hydrogen-bond donors (Lipinski definition) is 1. The van der Waals surface area contributed by atoms with Crippen LogP contribution >= 0.6 is 0 Å². The van der Waals surface area contributed by atoms with Crippen LogP contribution in [0.3, 0.4) is 0 Å². The number of nitrogens with one attached hydrogen (secondary N) is 1. The lowest BCUT2D eigenvalue weighted by Crippen LogP contribution is -2.35. The minimum Gasteiger partial charge on any atom is -0.309 e. The van der Waals surface area contributed by atoms with Gasteiger partial charge in [-0.1, -0.05) is 6.07 Å². The lowest BCUT2D eigenvalue weighted by Gasteiger charge is -2.31. The van der Waals surface area contributed by atoms with E-state index in [1.165, 1.54) is 0 Å². The Bertz CT molecular complexity index is 1170. The summed E-state index contributed by atoms with van der Waals surface area (Å²) in [6, 6.07) is 6.89. The van der Waals surface area contributed by atoms with Crippen LogP contribution in [0.15, 0.2) is 36.7 Å². The molecule has 7 nitrogen and oxygen atoms in total. The molecule has 28 heavy (non-hydrogen) atoms. The van der Waals surface area contributed by atoms with Gasteiger partial charge in [0.2, 0.25) is 5.91 Å². The molecule has 3 aromatic rings. The van der Waals surface area contributed by atoms with E-state index in [0.29, 0.717) is 41.9 Å². The Morgan fingerprint density at radius 1 is 1.18 bits per heavy atom. The molecule has 1 N–H and O–H groups in total. The van der Waals surface area contributed by atoms with Crippen LogP contribution in [-0.2, 0) is 11.8 Å². The maximum atomic E-state index is 12.8. The summed E-state index contributed by atoms with van der Waals surface area (Å²) in [7, 11) is 1.85. The number of benzene rings is 1. The van der Waals surface area contributed by atoms with Crippen LogP contribution in [0.1, 0.15) is 33.9 Å². The van der Waals surface area contributed by atoms with Crippen molar-refractivity contribution >= 4 is 22.6 Å². The highest BCUT2D eigenvalue weighted by atomic mass is 16.1. The van der Waals surface area contributed by atoms with Crippen molar-refractivity contribution in [2.75, 3.05) is 19.3 Å². The molecule has 0 aliphatic heterocycles. The minimum absolute atomic E-state index is 0.232. The lowest BCUT2D eigenvalue weighted by atomic mass is 9.85. The number of carbonyl (C=O) groups excluding carboxylic acids is 1. The maximum Gasteiger partial charge on any atom is 0.228 e. The third kappa shape index (κ3) is 3.89. The van der Waals surface area contributed by atoms with E-state index in [1.807, 2.05) is 31.4 Å². The second kappa shape index (κ2) is 7.67. The number of aromatic nitrogens is 4. The van der Waals surface area contributed by atoms with Gasteiger partial charge in [-0.25, -0.2) is 0 Å². The Kier molecular flexibility index (Phi) is 3.46. The first kappa shape index (κ1) is 12.6. The van der Waals surface area contributed by atoms with E-state index in [4.69, 9.17) is 8.22 Å². The molecule has 1 aliphatic rings. The summed E-state index contributed by atoms with van der Waals surface area (Å²) >= 11 is 0. The summed E-state index contributed by atoms with van der Waals surface area (Å²) in [5.74, 6) is -0.259. The van der Waals surface area contributed by atoms with Crippen molar-refractivity contribution < 1.29 is 13.0 Å². The van der Waals surface area contributed by atoms with Gasteiger partial charge in [0.05, 0.1) is 11.7 Å². The molecule has 0 bridgehead atoms. The van der Waals surface area contributed by atoms with Crippen molar-refractivity contribution in [2.45, 2.75) is 31.7 Å². The molecule has 4 rings (SSSR count). The maximum absolute atomic E-state index is 12.8. The van der Waals surface area contributed by atoms with Gasteiger partial charge in [-0.3, -0.25) is 9.48 Å². The zero-order chi connectivity index (χ0) is 24.7. The van der Waals surface area contributed by atoms with Gasteiger partial charge < -0.3 is 10.2 Å². The summed E-state index contributed by atoms with van der Waals surface area (Å²) in [5, 5.41) is 16.1. The van der Waals surface area contributed by atoms with Crippen LogP contribution in [0.25, 0.3) is 22.0 Å². The Labute approximate surface area is 173 Å². The van der Waals surface area contributed by atoms with Crippen molar-refractivity contribution in [3.63, 3.8) is 0 Å². The fourth-order valence-corrected chi connectivity index (χ4v) is 3.68. The number of hydrogen-bond acceptors (Lipinski definition) is 5. The largest absolute Gasteiger partial charge is 0.309 e. The van der Waals surface area contributed by atoms with Crippen molar-refractivity contribution in [1.29, 1.82) is 0 Å². The molecule has 146 valence electrons. The first-order valence-corrected chi connectivity index (χ1v) is 9.28.